The second-order valence-corrected chi connectivity index (χ2v) is 8.93. The molecule has 7 nitrogen and oxygen atoms in total. The lowest BCUT2D eigenvalue weighted by atomic mass is 9.83. The molecule has 1 aliphatic carbocycles. The minimum atomic E-state index is -0.845. The Hall–Kier alpha value is -2.41. The summed E-state index contributed by atoms with van der Waals surface area (Å²) in [7, 11) is 0. The molecule has 0 unspecified atom stereocenters. The van der Waals surface area contributed by atoms with Gasteiger partial charge in [0.15, 0.2) is 0 Å². The maximum Gasteiger partial charge on any atom is 0.256 e. The maximum absolute atomic E-state index is 13.5. The van der Waals surface area contributed by atoms with Crippen LogP contribution in [0.1, 0.15) is 56.3 Å². The molecule has 1 saturated carbocycles. The van der Waals surface area contributed by atoms with Crippen molar-refractivity contribution >= 4 is 17.7 Å². The van der Waals surface area contributed by atoms with Gasteiger partial charge in [-0.15, -0.1) is 0 Å². The van der Waals surface area contributed by atoms with E-state index in [1.807, 2.05) is 36.9 Å². The largest absolute Gasteiger partial charge is 0.353 e. The molecule has 2 heterocycles. The fraction of sp³-hybridized carbons (Fsp3) is 0.609. The summed E-state index contributed by atoms with van der Waals surface area (Å²) in [6.45, 7) is 5.07. The van der Waals surface area contributed by atoms with Gasteiger partial charge in [-0.1, -0.05) is 24.6 Å². The lowest BCUT2D eigenvalue weighted by Gasteiger charge is -2.45. The zero-order valence-electron chi connectivity index (χ0n) is 17.8. The lowest BCUT2D eigenvalue weighted by Crippen LogP contribution is -2.60. The highest BCUT2D eigenvalue weighted by Gasteiger charge is 2.54. The van der Waals surface area contributed by atoms with E-state index < -0.39 is 11.8 Å². The third-order valence-corrected chi connectivity index (χ3v) is 6.54. The summed E-state index contributed by atoms with van der Waals surface area (Å²) in [4.78, 5) is 42.6. The number of amides is 3. The fourth-order valence-electron chi connectivity index (χ4n) is 4.66. The highest BCUT2D eigenvalue weighted by Crippen LogP contribution is 2.39. The molecule has 0 aromatic heterocycles. The van der Waals surface area contributed by atoms with Crippen LogP contribution in [-0.2, 0) is 14.3 Å². The van der Waals surface area contributed by atoms with Gasteiger partial charge < -0.3 is 15.0 Å². The first-order chi connectivity index (χ1) is 14.4. The van der Waals surface area contributed by atoms with Gasteiger partial charge in [0.25, 0.3) is 5.91 Å². The minimum absolute atomic E-state index is 0.0235. The highest BCUT2D eigenvalue weighted by molar-refractivity contribution is 5.98. The van der Waals surface area contributed by atoms with Crippen molar-refractivity contribution < 1.29 is 19.1 Å². The molecule has 3 fully saturated rings. The summed E-state index contributed by atoms with van der Waals surface area (Å²) in [5.74, 6) is -0.00536. The van der Waals surface area contributed by atoms with E-state index in [-0.39, 0.29) is 36.3 Å². The van der Waals surface area contributed by atoms with Gasteiger partial charge in [-0.2, -0.15) is 0 Å². The van der Waals surface area contributed by atoms with Crippen LogP contribution in [0.3, 0.4) is 0 Å². The molecule has 1 N–H and O–H groups in total. The summed E-state index contributed by atoms with van der Waals surface area (Å²) in [5, 5.41) is 2.92. The van der Waals surface area contributed by atoms with Crippen LogP contribution in [0.25, 0.3) is 0 Å². The van der Waals surface area contributed by atoms with Gasteiger partial charge in [-0.3, -0.25) is 19.3 Å². The monoisotopic (exact) mass is 413 g/mol. The first-order valence-corrected chi connectivity index (χ1v) is 11.0. The smallest absolute Gasteiger partial charge is 0.256 e. The Morgan fingerprint density at radius 1 is 1.10 bits per heavy atom. The predicted octanol–water partition coefficient (Wildman–Crippen LogP) is 2.17. The summed E-state index contributed by atoms with van der Waals surface area (Å²) >= 11 is 0. The third-order valence-electron chi connectivity index (χ3n) is 6.54. The molecule has 4 rings (SSSR count). The van der Waals surface area contributed by atoms with Crippen LogP contribution in [0.15, 0.2) is 30.3 Å². The standard InChI is InChI=1S/C23H31N3O4/c1-16(2)24-20(27)19-15-30-23(26(19)22(29)18-7-4-3-5-8-18)11-13-25(14-12-23)21(28)17-9-6-10-17/h3-5,7-8,16-17,19H,6,9-15H2,1-2H3,(H,24,27)/t19-/m1/s1. The van der Waals surface area contributed by atoms with Gasteiger partial charge in [0.05, 0.1) is 6.61 Å². The zero-order valence-corrected chi connectivity index (χ0v) is 17.8. The maximum atomic E-state index is 13.5. The molecule has 7 heteroatoms. The van der Waals surface area contributed by atoms with Gasteiger partial charge in [-0.25, -0.2) is 0 Å². The third kappa shape index (κ3) is 3.83. The molecule has 2 aliphatic heterocycles. The molecule has 1 aromatic carbocycles. The van der Waals surface area contributed by atoms with Gasteiger partial charge >= 0.3 is 0 Å². The zero-order chi connectivity index (χ0) is 21.3. The van der Waals surface area contributed by atoms with Crippen LogP contribution in [0.4, 0.5) is 0 Å². The van der Waals surface area contributed by atoms with Crippen LogP contribution >= 0.6 is 0 Å². The number of ether oxygens (including phenoxy) is 1. The number of piperidine rings is 1. The van der Waals surface area contributed by atoms with E-state index in [9.17, 15) is 14.4 Å². The normalized spacial score (nSPS) is 23.5. The molecule has 3 aliphatic rings. The number of nitrogens with one attached hydrogen (secondary N) is 1. The Morgan fingerprint density at radius 2 is 1.77 bits per heavy atom. The Bertz CT molecular complexity index is 798. The average molecular weight is 414 g/mol. The van der Waals surface area contributed by atoms with Crippen molar-refractivity contribution in [1.82, 2.24) is 15.1 Å². The van der Waals surface area contributed by atoms with Crippen molar-refractivity contribution in [3.8, 4) is 0 Å². The number of carbonyl (C=O) groups excluding carboxylic acids is 3. The Kier molecular flexibility index (Phi) is 5.82. The van der Waals surface area contributed by atoms with Crippen LogP contribution in [0.5, 0.6) is 0 Å². The number of rotatable bonds is 4. The number of carbonyl (C=O) groups is 3. The predicted molar refractivity (Wildman–Crippen MR) is 112 cm³/mol. The molecule has 30 heavy (non-hydrogen) atoms. The SMILES string of the molecule is CC(C)NC(=O)[C@H]1COC2(CCN(C(=O)C3CCC3)CC2)N1C(=O)c1ccccc1. The Morgan fingerprint density at radius 3 is 2.33 bits per heavy atom. The van der Waals surface area contributed by atoms with E-state index in [0.29, 0.717) is 31.5 Å². The lowest BCUT2D eigenvalue weighted by molar-refractivity contribution is -0.149. The highest BCUT2D eigenvalue weighted by atomic mass is 16.5. The first-order valence-electron chi connectivity index (χ1n) is 11.0. The van der Waals surface area contributed by atoms with Crippen molar-refractivity contribution in [3.05, 3.63) is 35.9 Å². The summed E-state index contributed by atoms with van der Waals surface area (Å²) in [5.41, 5.74) is -0.305. The van der Waals surface area contributed by atoms with Crippen LogP contribution in [0.2, 0.25) is 0 Å². The van der Waals surface area contributed by atoms with Crippen molar-refractivity contribution in [3.63, 3.8) is 0 Å². The molecule has 162 valence electrons. The molecule has 0 bridgehead atoms. The summed E-state index contributed by atoms with van der Waals surface area (Å²) < 4.78 is 6.19. The van der Waals surface area contributed by atoms with Crippen LogP contribution in [0, 0.1) is 5.92 Å². The van der Waals surface area contributed by atoms with Gasteiger partial charge in [0, 0.05) is 43.5 Å². The fourth-order valence-corrected chi connectivity index (χ4v) is 4.66. The summed E-state index contributed by atoms with van der Waals surface area (Å²) in [6.07, 6.45) is 4.13. The minimum Gasteiger partial charge on any atom is -0.353 e. The van der Waals surface area contributed by atoms with Crippen molar-refractivity contribution in [2.24, 2.45) is 5.92 Å². The van der Waals surface area contributed by atoms with E-state index in [1.54, 1.807) is 17.0 Å². The second kappa shape index (κ2) is 8.38. The molecule has 1 spiro atoms. The number of hydrogen-bond acceptors (Lipinski definition) is 4. The van der Waals surface area contributed by atoms with Crippen LogP contribution in [-0.4, -0.2) is 65.0 Å². The summed E-state index contributed by atoms with van der Waals surface area (Å²) in [6, 6.07) is 8.33. The molecular formula is C23H31N3O4. The number of benzene rings is 1. The average Bonchev–Trinajstić information content (AvgIpc) is 3.05. The number of nitrogens with zero attached hydrogens (tertiary/aromatic N) is 2. The molecular weight excluding hydrogens is 382 g/mol. The first kappa shape index (κ1) is 20.8. The van der Waals surface area contributed by atoms with Crippen molar-refractivity contribution in [2.75, 3.05) is 19.7 Å². The number of likely N-dealkylation sites (tertiary alicyclic amines) is 1. The molecule has 1 atom stereocenters. The van der Waals surface area contributed by atoms with Crippen LogP contribution < -0.4 is 5.32 Å². The van der Waals surface area contributed by atoms with Gasteiger partial charge in [0.2, 0.25) is 11.8 Å². The van der Waals surface area contributed by atoms with E-state index in [0.717, 1.165) is 19.3 Å². The molecule has 3 amide bonds. The van der Waals surface area contributed by atoms with E-state index in [4.69, 9.17) is 4.74 Å². The van der Waals surface area contributed by atoms with E-state index in [1.165, 1.54) is 0 Å². The van der Waals surface area contributed by atoms with E-state index >= 15 is 0 Å². The number of hydrogen-bond donors (Lipinski definition) is 1. The van der Waals surface area contributed by atoms with Crippen molar-refractivity contribution in [2.45, 2.75) is 63.8 Å². The molecule has 2 saturated heterocycles. The Labute approximate surface area is 177 Å². The van der Waals surface area contributed by atoms with Crippen molar-refractivity contribution in [1.29, 1.82) is 0 Å². The van der Waals surface area contributed by atoms with Gasteiger partial charge in [-0.05, 0) is 38.8 Å². The van der Waals surface area contributed by atoms with E-state index in [2.05, 4.69) is 5.32 Å². The molecule has 1 aromatic rings. The van der Waals surface area contributed by atoms with Gasteiger partial charge in [0.1, 0.15) is 11.8 Å². The Balaban J connectivity index is 1.56. The molecule has 0 radical (unpaired) electrons. The topological polar surface area (TPSA) is 79.0 Å². The quantitative estimate of drug-likeness (QED) is 0.821. The second-order valence-electron chi connectivity index (χ2n) is 8.93.